The predicted octanol–water partition coefficient (Wildman–Crippen LogP) is 2.04. The molecule has 2 heterocycles. The van der Waals surface area contributed by atoms with Gasteiger partial charge < -0.3 is 14.3 Å². The molecule has 0 bridgehead atoms. The highest BCUT2D eigenvalue weighted by molar-refractivity contribution is 5.90. The Kier molecular flexibility index (Phi) is 3.54. The third-order valence-corrected chi connectivity index (χ3v) is 4.05. The van der Waals surface area contributed by atoms with Crippen LogP contribution >= 0.6 is 0 Å². The van der Waals surface area contributed by atoms with Crippen molar-refractivity contribution in [2.45, 2.75) is 6.10 Å². The van der Waals surface area contributed by atoms with E-state index in [9.17, 15) is 14.0 Å². The minimum atomic E-state index is -0.700. The number of nitrogens with zero attached hydrogens (tertiary/aromatic N) is 2. The maximum atomic E-state index is 14.7. The van der Waals surface area contributed by atoms with Crippen LogP contribution in [0.5, 0.6) is 0 Å². The normalized spacial score (nSPS) is 17.3. The number of rotatable bonds is 3. The smallest absolute Gasteiger partial charge is 0.424 e. The molecule has 2 aromatic carbocycles. The Bertz CT molecular complexity index is 1030. The van der Waals surface area contributed by atoms with Crippen molar-refractivity contribution in [3.63, 3.8) is 0 Å². The first-order valence-corrected chi connectivity index (χ1v) is 7.58. The number of amides is 1. The van der Waals surface area contributed by atoms with Crippen LogP contribution < -0.4 is 10.7 Å². The van der Waals surface area contributed by atoms with E-state index in [1.54, 1.807) is 24.3 Å². The highest BCUT2D eigenvalue weighted by atomic mass is 19.1. The molecule has 1 fully saturated rings. The number of ether oxygens (including phenoxy) is 1. The number of hydrogen-bond acceptors (Lipinski definition) is 5. The van der Waals surface area contributed by atoms with Crippen LogP contribution in [-0.4, -0.2) is 35.0 Å². The molecule has 0 unspecified atom stereocenters. The third-order valence-electron chi connectivity index (χ3n) is 4.05. The van der Waals surface area contributed by atoms with Gasteiger partial charge in [0.1, 0.15) is 11.9 Å². The second kappa shape index (κ2) is 5.75. The van der Waals surface area contributed by atoms with Crippen LogP contribution in [0, 0.1) is 5.82 Å². The summed E-state index contributed by atoms with van der Waals surface area (Å²) in [6.07, 6.45) is -1.30. The zero-order valence-corrected chi connectivity index (χ0v) is 12.9. The molecule has 128 valence electrons. The summed E-state index contributed by atoms with van der Waals surface area (Å²) in [7, 11) is 0. The molecule has 8 heteroatoms. The molecule has 1 saturated heterocycles. The van der Waals surface area contributed by atoms with Crippen LogP contribution in [0.1, 0.15) is 0 Å². The number of halogens is 1. The number of carbonyl (C=O) groups excluding carboxylic acids is 1. The Morgan fingerprint density at radius 1 is 1.20 bits per heavy atom. The van der Waals surface area contributed by atoms with E-state index in [2.05, 4.69) is 0 Å². The number of para-hydroxylation sites is 2. The monoisotopic (exact) mass is 344 g/mol. The minimum Gasteiger partial charge on any atom is -0.441 e. The van der Waals surface area contributed by atoms with Gasteiger partial charge in [0.2, 0.25) is 0 Å². The van der Waals surface area contributed by atoms with Gasteiger partial charge in [0, 0.05) is 0 Å². The van der Waals surface area contributed by atoms with Crippen molar-refractivity contribution >= 4 is 22.9 Å². The highest BCUT2D eigenvalue weighted by Crippen LogP contribution is 2.26. The van der Waals surface area contributed by atoms with Crippen molar-refractivity contribution in [2.75, 3.05) is 18.1 Å². The Morgan fingerprint density at radius 2 is 2.00 bits per heavy atom. The lowest BCUT2D eigenvalue weighted by atomic mass is 10.2. The fourth-order valence-corrected chi connectivity index (χ4v) is 2.87. The average molecular weight is 344 g/mol. The maximum Gasteiger partial charge on any atom is 0.424 e. The van der Waals surface area contributed by atoms with E-state index >= 15 is 0 Å². The zero-order chi connectivity index (χ0) is 17.6. The van der Waals surface area contributed by atoms with Crippen molar-refractivity contribution in [3.8, 4) is 5.69 Å². The van der Waals surface area contributed by atoms with Gasteiger partial charge in [0.05, 0.1) is 30.0 Å². The summed E-state index contributed by atoms with van der Waals surface area (Å²) in [6.45, 7) is -0.179. The Labute approximate surface area is 140 Å². The molecule has 1 amide bonds. The van der Waals surface area contributed by atoms with Crippen molar-refractivity contribution in [1.82, 2.24) is 4.57 Å². The van der Waals surface area contributed by atoms with E-state index in [4.69, 9.17) is 14.3 Å². The molecule has 0 spiro atoms. The quantitative estimate of drug-likeness (QED) is 0.786. The number of benzene rings is 2. The van der Waals surface area contributed by atoms with Gasteiger partial charge in [0.25, 0.3) is 0 Å². The molecular weight excluding hydrogens is 331 g/mol. The summed E-state index contributed by atoms with van der Waals surface area (Å²) >= 11 is 0. The van der Waals surface area contributed by atoms with Crippen LogP contribution in [0.3, 0.4) is 0 Å². The molecule has 4 rings (SSSR count). The predicted molar refractivity (Wildman–Crippen MR) is 86.5 cm³/mol. The molecule has 0 radical (unpaired) electrons. The first-order chi connectivity index (χ1) is 12.1. The van der Waals surface area contributed by atoms with Crippen LogP contribution in [0.4, 0.5) is 14.9 Å². The van der Waals surface area contributed by atoms with E-state index in [0.717, 1.165) is 10.6 Å². The van der Waals surface area contributed by atoms with Crippen LogP contribution in [0.15, 0.2) is 51.7 Å². The number of fused-ring (bicyclic) bond motifs is 1. The van der Waals surface area contributed by atoms with Crippen LogP contribution in [-0.2, 0) is 4.74 Å². The average Bonchev–Trinajstić information content (AvgIpc) is 3.14. The van der Waals surface area contributed by atoms with Gasteiger partial charge >= 0.3 is 11.8 Å². The molecule has 7 nitrogen and oxygen atoms in total. The minimum absolute atomic E-state index is 0.0185. The molecule has 0 aliphatic carbocycles. The van der Waals surface area contributed by atoms with Gasteiger partial charge in [0.15, 0.2) is 5.58 Å². The van der Waals surface area contributed by atoms with Gasteiger partial charge in [-0.15, -0.1) is 0 Å². The number of cyclic esters (lactones) is 1. The van der Waals surface area contributed by atoms with Gasteiger partial charge in [-0.1, -0.05) is 12.1 Å². The van der Waals surface area contributed by atoms with Crippen molar-refractivity contribution in [1.29, 1.82) is 0 Å². The Hall–Kier alpha value is -3.13. The molecule has 0 saturated carbocycles. The summed E-state index contributed by atoms with van der Waals surface area (Å²) in [4.78, 5) is 25.1. The van der Waals surface area contributed by atoms with E-state index in [0.29, 0.717) is 11.1 Å². The molecule has 1 N–H and O–H groups in total. The van der Waals surface area contributed by atoms with Crippen molar-refractivity contribution in [3.05, 3.63) is 58.8 Å². The maximum absolute atomic E-state index is 14.7. The number of anilines is 1. The van der Waals surface area contributed by atoms with Crippen molar-refractivity contribution in [2.24, 2.45) is 0 Å². The molecule has 1 aromatic heterocycles. The molecular formula is C17H13FN2O5. The van der Waals surface area contributed by atoms with Gasteiger partial charge in [-0.25, -0.2) is 18.5 Å². The first-order valence-electron chi connectivity index (χ1n) is 7.58. The fourth-order valence-electron chi connectivity index (χ4n) is 2.87. The number of aliphatic hydroxyl groups excluding tert-OH is 1. The third kappa shape index (κ3) is 2.47. The summed E-state index contributed by atoms with van der Waals surface area (Å²) in [6, 6.07) is 10.7. The van der Waals surface area contributed by atoms with Crippen LogP contribution in [0.2, 0.25) is 0 Å². The summed E-state index contributed by atoms with van der Waals surface area (Å²) < 4.78 is 25.8. The number of carbonyl (C=O) groups is 1. The van der Waals surface area contributed by atoms with Gasteiger partial charge in [-0.3, -0.25) is 4.90 Å². The van der Waals surface area contributed by atoms with Gasteiger partial charge in [-0.05, 0) is 30.3 Å². The summed E-state index contributed by atoms with van der Waals surface area (Å²) in [5.41, 5.74) is 1.10. The molecule has 1 aliphatic rings. The standard InChI is InChI=1S/C17H13FN2O5/c18-12-7-10(19-8-11(9-21)24-16(19)22)5-6-13(12)20-14-3-1-2-4-15(14)25-17(20)23/h1-7,11,21H,8-9H2/t11-/m1/s1. The second-order valence-corrected chi connectivity index (χ2v) is 5.61. The number of hydrogen-bond donors (Lipinski definition) is 1. The van der Waals surface area contributed by atoms with E-state index in [-0.39, 0.29) is 24.5 Å². The Balaban J connectivity index is 1.77. The summed E-state index contributed by atoms with van der Waals surface area (Å²) in [5.74, 6) is -1.39. The van der Waals surface area contributed by atoms with E-state index < -0.39 is 23.8 Å². The molecule has 25 heavy (non-hydrogen) atoms. The topological polar surface area (TPSA) is 84.9 Å². The second-order valence-electron chi connectivity index (χ2n) is 5.61. The van der Waals surface area contributed by atoms with Gasteiger partial charge in [-0.2, -0.15) is 0 Å². The highest BCUT2D eigenvalue weighted by Gasteiger charge is 2.32. The van der Waals surface area contributed by atoms with E-state index in [1.165, 1.54) is 17.0 Å². The largest absolute Gasteiger partial charge is 0.441 e. The first kappa shape index (κ1) is 15.4. The summed E-state index contributed by atoms with van der Waals surface area (Å²) in [5, 5.41) is 9.08. The molecule has 1 atom stereocenters. The fraction of sp³-hybridized carbons (Fsp3) is 0.176. The zero-order valence-electron chi connectivity index (χ0n) is 12.9. The molecule has 3 aromatic rings. The van der Waals surface area contributed by atoms with Crippen LogP contribution in [0.25, 0.3) is 16.8 Å². The lowest BCUT2D eigenvalue weighted by Crippen LogP contribution is -2.25. The SMILES string of the molecule is O=C1O[C@@H](CO)CN1c1ccc(-n2c(=O)oc3ccccc32)c(F)c1. The molecule has 1 aliphatic heterocycles. The number of aliphatic hydroxyl groups is 1. The number of oxazole rings is 1. The van der Waals surface area contributed by atoms with Crippen molar-refractivity contribution < 1.29 is 23.4 Å². The van der Waals surface area contributed by atoms with E-state index in [1.807, 2.05) is 0 Å². The Morgan fingerprint density at radius 3 is 2.72 bits per heavy atom. The lowest BCUT2D eigenvalue weighted by Gasteiger charge is -2.14. The number of aromatic nitrogens is 1. The lowest BCUT2D eigenvalue weighted by molar-refractivity contribution is 0.0963.